The quantitative estimate of drug-likeness (QED) is 0.201. The maximum atomic E-state index is 9.25. The van der Waals surface area contributed by atoms with Crippen molar-refractivity contribution < 1.29 is 18.1 Å². The Morgan fingerprint density at radius 3 is 2.31 bits per heavy atom. The van der Waals surface area contributed by atoms with E-state index >= 15 is 0 Å². The van der Waals surface area contributed by atoms with Crippen molar-refractivity contribution in [3.8, 4) is 28.7 Å². The van der Waals surface area contributed by atoms with Gasteiger partial charge in [0.15, 0.2) is 11.6 Å². The molecule has 6 heteroatoms. The highest BCUT2D eigenvalue weighted by molar-refractivity contribution is 7.26. The predicted molar refractivity (Wildman–Crippen MR) is 185 cm³/mol. The van der Waals surface area contributed by atoms with Gasteiger partial charge in [-0.25, -0.2) is 4.98 Å². The lowest BCUT2D eigenvalue weighted by Crippen LogP contribution is -2.06. The van der Waals surface area contributed by atoms with Crippen molar-refractivity contribution in [1.82, 2.24) is 19.5 Å². The standard InChI is InChI=1S/C39H22N4OS/c1-2-11-23(12-3-1)37-40-38(29-17-10-16-27-25-14-6-9-20-33(25)45-36(27)29)42-39(41-37)43-30-18-7-4-13-24(30)26-21-22-32-34(35(26)43)28-15-5-8-19-31(28)44-32/h1-22H/i4D,5D,7D,8D,13D,15D,18D,19D,21D,22D. The van der Waals surface area contributed by atoms with Crippen LogP contribution in [0.4, 0.5) is 0 Å². The van der Waals surface area contributed by atoms with Crippen LogP contribution >= 0.6 is 11.3 Å². The molecule has 5 nitrogen and oxygen atoms in total. The molecule has 0 saturated carbocycles. The van der Waals surface area contributed by atoms with E-state index < -0.39 is 60.4 Å². The number of aromatic nitrogens is 4. The van der Waals surface area contributed by atoms with Crippen LogP contribution < -0.4 is 0 Å². The molecule has 10 aromatic rings. The van der Waals surface area contributed by atoms with Crippen LogP contribution in [0.1, 0.15) is 13.7 Å². The summed E-state index contributed by atoms with van der Waals surface area (Å²) in [5.74, 6) is 0.420. The zero-order valence-corrected chi connectivity index (χ0v) is 23.9. The third-order valence-electron chi connectivity index (χ3n) is 7.97. The monoisotopic (exact) mass is 604 g/mol. The van der Waals surface area contributed by atoms with Crippen molar-refractivity contribution in [3.63, 3.8) is 0 Å². The summed E-state index contributed by atoms with van der Waals surface area (Å²) >= 11 is 1.58. The Hall–Kier alpha value is -5.85. The molecule has 0 unspecified atom stereocenters. The Balaban J connectivity index is 1.45. The van der Waals surface area contributed by atoms with Crippen LogP contribution in [0.2, 0.25) is 0 Å². The minimum absolute atomic E-state index is 0.0147. The Labute approximate surface area is 274 Å². The lowest BCUT2D eigenvalue weighted by atomic mass is 10.1. The summed E-state index contributed by atoms with van der Waals surface area (Å²) in [6.07, 6.45) is 0. The van der Waals surface area contributed by atoms with Gasteiger partial charge in [-0.3, -0.25) is 4.57 Å². The van der Waals surface area contributed by atoms with Crippen molar-refractivity contribution in [3.05, 3.63) is 133 Å². The van der Waals surface area contributed by atoms with Crippen molar-refractivity contribution in [2.45, 2.75) is 0 Å². The topological polar surface area (TPSA) is 56.7 Å². The molecule has 0 atom stereocenters. The number of furan rings is 1. The predicted octanol–water partition coefficient (Wildman–Crippen LogP) is 10.6. The summed E-state index contributed by atoms with van der Waals surface area (Å²) < 4.78 is 97.7. The molecule has 0 bridgehead atoms. The number of para-hydroxylation sites is 2. The summed E-state index contributed by atoms with van der Waals surface area (Å²) in [6.45, 7) is 0. The number of hydrogen-bond acceptors (Lipinski definition) is 5. The van der Waals surface area contributed by atoms with Gasteiger partial charge in [0.2, 0.25) is 5.95 Å². The molecule has 0 amide bonds. The van der Waals surface area contributed by atoms with Gasteiger partial charge in [0.05, 0.1) is 30.1 Å². The van der Waals surface area contributed by atoms with Crippen LogP contribution in [0.25, 0.3) is 92.6 Å². The summed E-state index contributed by atoms with van der Waals surface area (Å²) in [4.78, 5) is 14.9. The van der Waals surface area contributed by atoms with Crippen LogP contribution in [0.3, 0.4) is 0 Å². The molecule has 210 valence electrons. The normalized spacial score (nSPS) is 15.1. The van der Waals surface area contributed by atoms with E-state index in [1.165, 1.54) is 4.57 Å². The molecule has 0 spiro atoms. The number of rotatable bonds is 3. The van der Waals surface area contributed by atoms with Gasteiger partial charge in [-0.05, 0) is 36.3 Å². The Bertz CT molecular complexity index is 3340. The third kappa shape index (κ3) is 3.57. The highest BCUT2D eigenvalue weighted by Gasteiger charge is 2.22. The third-order valence-corrected chi connectivity index (χ3v) is 9.19. The van der Waals surface area contributed by atoms with Gasteiger partial charge in [-0.2, -0.15) is 9.97 Å². The number of fused-ring (bicyclic) bond motifs is 10. The van der Waals surface area contributed by atoms with Crippen LogP contribution in [0, 0.1) is 0 Å². The van der Waals surface area contributed by atoms with Crippen LogP contribution in [-0.2, 0) is 0 Å². The molecular weight excluding hydrogens is 573 g/mol. The average Bonchev–Trinajstić information content (AvgIpc) is 3.90. The van der Waals surface area contributed by atoms with Gasteiger partial charge < -0.3 is 4.42 Å². The van der Waals surface area contributed by atoms with Crippen LogP contribution in [-0.4, -0.2) is 19.5 Å². The molecule has 0 aliphatic rings. The minimum atomic E-state index is -0.556. The van der Waals surface area contributed by atoms with Crippen molar-refractivity contribution in [1.29, 1.82) is 0 Å². The van der Waals surface area contributed by atoms with Gasteiger partial charge in [-0.15, -0.1) is 11.3 Å². The first-order chi connectivity index (χ1) is 26.5. The van der Waals surface area contributed by atoms with E-state index in [2.05, 4.69) is 0 Å². The summed E-state index contributed by atoms with van der Waals surface area (Å²) in [5, 5.41) is 1.87. The number of benzene rings is 6. The second-order valence-corrected chi connectivity index (χ2v) is 11.5. The van der Waals surface area contributed by atoms with E-state index in [4.69, 9.17) is 30.3 Å². The molecule has 45 heavy (non-hydrogen) atoms. The van der Waals surface area contributed by atoms with Gasteiger partial charge >= 0.3 is 0 Å². The summed E-state index contributed by atoms with van der Waals surface area (Å²) in [6, 6.07) is 18.1. The van der Waals surface area contributed by atoms with Gasteiger partial charge in [0.25, 0.3) is 0 Å². The van der Waals surface area contributed by atoms with E-state index in [1.54, 1.807) is 11.3 Å². The van der Waals surface area contributed by atoms with Crippen molar-refractivity contribution in [2.24, 2.45) is 0 Å². The zero-order valence-electron chi connectivity index (χ0n) is 33.0. The SMILES string of the molecule is [2H]c1c([2H])c([2H])c2c(oc3c([2H])c([2H])c4c5c([2H])c([2H])c([2H])c([2H])c5n(-c5nc(-c6ccccc6)nc(-c6cccc7c6sc6ccccc67)n5)c4c32)c1[2H]. The van der Waals surface area contributed by atoms with E-state index in [0.717, 1.165) is 20.2 Å². The number of thiophene rings is 1. The first-order valence-corrected chi connectivity index (χ1v) is 14.9. The second-order valence-electron chi connectivity index (χ2n) is 10.5. The molecule has 4 aromatic heterocycles. The average molecular weight is 605 g/mol. The molecule has 0 saturated heterocycles. The number of nitrogens with zero attached hydrogens (tertiary/aromatic N) is 4. The van der Waals surface area contributed by atoms with Crippen molar-refractivity contribution >= 4 is 75.3 Å². The molecule has 10 rings (SSSR count). The maximum absolute atomic E-state index is 9.25. The zero-order chi connectivity index (χ0) is 38.2. The molecule has 0 aliphatic heterocycles. The lowest BCUT2D eigenvalue weighted by Gasteiger charge is -2.11. The first kappa shape index (κ1) is 16.9. The number of hydrogen-bond donors (Lipinski definition) is 0. The van der Waals surface area contributed by atoms with Crippen LogP contribution in [0.5, 0.6) is 0 Å². The Kier molecular flexibility index (Phi) is 3.49. The van der Waals surface area contributed by atoms with E-state index in [0.29, 0.717) is 11.1 Å². The highest BCUT2D eigenvalue weighted by Crippen LogP contribution is 2.42. The van der Waals surface area contributed by atoms with E-state index in [9.17, 15) is 2.74 Å². The molecule has 0 aliphatic carbocycles. The first-order valence-electron chi connectivity index (χ1n) is 19.1. The lowest BCUT2D eigenvalue weighted by molar-refractivity contribution is 0.669. The molecule has 6 aromatic carbocycles. The fraction of sp³-hybridized carbons (Fsp3) is 0. The van der Waals surface area contributed by atoms with Crippen LogP contribution in [0.15, 0.2) is 138 Å². The van der Waals surface area contributed by atoms with Gasteiger partial charge in [-0.1, -0.05) is 96.9 Å². The summed E-state index contributed by atoms with van der Waals surface area (Å²) in [7, 11) is 0. The van der Waals surface area contributed by atoms with Crippen molar-refractivity contribution in [2.75, 3.05) is 0 Å². The molecule has 0 fully saturated rings. The second kappa shape index (κ2) is 9.32. The molecular formula is C39H22N4OS. The highest BCUT2D eigenvalue weighted by atomic mass is 32.1. The fourth-order valence-corrected chi connectivity index (χ4v) is 7.24. The molecule has 0 radical (unpaired) electrons. The molecule has 0 N–H and O–H groups in total. The van der Waals surface area contributed by atoms with E-state index in [-0.39, 0.29) is 61.3 Å². The minimum Gasteiger partial charge on any atom is -0.456 e. The maximum Gasteiger partial charge on any atom is 0.238 e. The smallest absolute Gasteiger partial charge is 0.238 e. The Morgan fingerprint density at radius 2 is 1.38 bits per heavy atom. The van der Waals surface area contributed by atoms with Gasteiger partial charge in [0, 0.05) is 47.5 Å². The molecule has 4 heterocycles. The Morgan fingerprint density at radius 1 is 0.600 bits per heavy atom. The van der Waals surface area contributed by atoms with Gasteiger partial charge in [0.1, 0.15) is 11.2 Å². The van der Waals surface area contributed by atoms with E-state index in [1.807, 2.05) is 72.8 Å². The fourth-order valence-electron chi connectivity index (χ4n) is 6.03. The largest absolute Gasteiger partial charge is 0.456 e. The summed E-state index contributed by atoms with van der Waals surface area (Å²) in [5.41, 5.74) is 0.791.